The van der Waals surface area contributed by atoms with Crippen molar-refractivity contribution in [2.75, 3.05) is 42.3 Å². The summed E-state index contributed by atoms with van der Waals surface area (Å²) in [5.41, 5.74) is 0.869. The molecule has 2 aromatic rings. The lowest BCUT2D eigenvalue weighted by molar-refractivity contribution is -0.385. The largest absolute Gasteiger partial charge is 0.378 e. The first-order valence-corrected chi connectivity index (χ1v) is 10.5. The molecule has 0 bridgehead atoms. The van der Waals surface area contributed by atoms with Crippen LogP contribution in [0.4, 0.5) is 17.3 Å². The van der Waals surface area contributed by atoms with Crippen molar-refractivity contribution < 1.29 is 14.5 Å². The van der Waals surface area contributed by atoms with Crippen molar-refractivity contribution in [1.29, 1.82) is 0 Å². The number of hydrogen-bond donors (Lipinski definition) is 1. The van der Waals surface area contributed by atoms with Crippen LogP contribution in [0.15, 0.2) is 23.4 Å². The highest BCUT2D eigenvalue weighted by atomic mass is 32.2. The van der Waals surface area contributed by atoms with Crippen LogP contribution >= 0.6 is 11.8 Å². The molecule has 1 aliphatic heterocycles. The average Bonchev–Trinajstić information content (AvgIpc) is 3.47. The lowest BCUT2D eigenvalue weighted by atomic mass is 10.1. The van der Waals surface area contributed by atoms with Gasteiger partial charge in [-0.1, -0.05) is 17.8 Å². The first-order chi connectivity index (χ1) is 14.0. The van der Waals surface area contributed by atoms with Gasteiger partial charge in [-0.15, -0.1) is 10.2 Å². The highest BCUT2D eigenvalue weighted by Gasteiger charge is 2.32. The van der Waals surface area contributed by atoms with E-state index in [1.807, 2.05) is 0 Å². The van der Waals surface area contributed by atoms with E-state index in [-0.39, 0.29) is 17.3 Å². The lowest BCUT2D eigenvalue weighted by Gasteiger charge is -2.27. The van der Waals surface area contributed by atoms with Crippen molar-refractivity contribution in [3.8, 4) is 0 Å². The fraction of sp³-hybridized carbons (Fsp3) is 0.500. The van der Waals surface area contributed by atoms with E-state index in [0.717, 1.165) is 37.0 Å². The molecule has 0 spiro atoms. The van der Waals surface area contributed by atoms with Crippen LogP contribution in [0.2, 0.25) is 0 Å². The zero-order valence-corrected chi connectivity index (χ0v) is 16.9. The summed E-state index contributed by atoms with van der Waals surface area (Å²) in [5.74, 6) is 0.751. The van der Waals surface area contributed by atoms with E-state index >= 15 is 0 Å². The second kappa shape index (κ2) is 8.37. The molecule has 1 aliphatic carbocycles. The summed E-state index contributed by atoms with van der Waals surface area (Å²) in [6.45, 7) is 4.53. The maximum absolute atomic E-state index is 12.4. The van der Waals surface area contributed by atoms with Crippen molar-refractivity contribution in [1.82, 2.24) is 14.8 Å². The third kappa shape index (κ3) is 4.35. The minimum atomic E-state index is -0.453. The molecule has 2 aliphatic rings. The molecule has 0 radical (unpaired) electrons. The van der Waals surface area contributed by atoms with Crippen LogP contribution in [0.3, 0.4) is 0 Å². The zero-order chi connectivity index (χ0) is 20.4. The maximum Gasteiger partial charge on any atom is 0.274 e. The molecule has 1 N–H and O–H groups in total. The van der Waals surface area contributed by atoms with Crippen molar-refractivity contribution in [2.45, 2.75) is 31.0 Å². The number of ether oxygens (including phenoxy) is 1. The first-order valence-electron chi connectivity index (χ1n) is 9.49. The second-order valence-electron chi connectivity index (χ2n) is 7.03. The lowest BCUT2D eigenvalue weighted by Crippen LogP contribution is -2.38. The minimum Gasteiger partial charge on any atom is -0.378 e. The Hall–Kier alpha value is -2.66. The molecule has 154 valence electrons. The van der Waals surface area contributed by atoms with Gasteiger partial charge in [0.15, 0.2) is 5.16 Å². The monoisotopic (exact) mass is 418 g/mol. The Morgan fingerprint density at radius 3 is 2.79 bits per heavy atom. The highest BCUT2D eigenvalue weighted by Crippen LogP contribution is 2.41. The highest BCUT2D eigenvalue weighted by molar-refractivity contribution is 7.99. The Morgan fingerprint density at radius 1 is 1.34 bits per heavy atom. The number of nitro benzene ring substituents is 1. The van der Waals surface area contributed by atoms with Crippen LogP contribution in [-0.2, 0) is 9.53 Å². The molecule has 29 heavy (non-hydrogen) atoms. The Morgan fingerprint density at radius 2 is 2.10 bits per heavy atom. The van der Waals surface area contributed by atoms with Crippen molar-refractivity contribution in [3.63, 3.8) is 0 Å². The van der Waals surface area contributed by atoms with E-state index in [1.54, 1.807) is 19.1 Å². The van der Waals surface area contributed by atoms with E-state index < -0.39 is 4.92 Å². The topological polar surface area (TPSA) is 115 Å². The molecule has 4 rings (SSSR count). The number of amides is 1. The molecule has 1 aromatic heterocycles. The van der Waals surface area contributed by atoms with E-state index in [1.165, 1.54) is 17.8 Å². The number of morpholine rings is 1. The Bertz CT molecular complexity index is 923. The molecule has 2 fully saturated rings. The average molecular weight is 418 g/mol. The fourth-order valence-corrected chi connectivity index (χ4v) is 4.07. The number of thioether (sulfide) groups is 1. The minimum absolute atomic E-state index is 0.0147. The van der Waals surface area contributed by atoms with Gasteiger partial charge in [0.2, 0.25) is 11.9 Å². The van der Waals surface area contributed by atoms with Gasteiger partial charge in [-0.2, -0.15) is 0 Å². The predicted molar refractivity (Wildman–Crippen MR) is 109 cm³/mol. The molecule has 2 heterocycles. The quantitative estimate of drug-likeness (QED) is 0.414. The first kappa shape index (κ1) is 19.6. The standard InChI is InChI=1S/C18H22N6O4S/c1-12-14(3-2-4-15(12)24(26)27)19-16(25)11-29-18-21-20-17(23(18)13-5-6-13)22-7-9-28-10-8-22/h2-4,13H,5-11H2,1H3,(H,19,25). The van der Waals surface area contributed by atoms with E-state index in [0.29, 0.717) is 30.5 Å². The fourth-order valence-electron chi connectivity index (χ4n) is 3.27. The van der Waals surface area contributed by atoms with Gasteiger partial charge in [-0.25, -0.2) is 0 Å². The molecule has 1 amide bonds. The summed E-state index contributed by atoms with van der Waals surface area (Å²) in [6, 6.07) is 5.03. The third-order valence-corrected chi connectivity index (χ3v) is 5.90. The maximum atomic E-state index is 12.4. The number of anilines is 2. The molecule has 1 saturated heterocycles. The number of carbonyl (C=O) groups is 1. The number of hydrogen-bond acceptors (Lipinski definition) is 8. The molecule has 11 heteroatoms. The summed E-state index contributed by atoms with van der Waals surface area (Å²) in [6.07, 6.45) is 2.17. The van der Waals surface area contributed by atoms with Crippen molar-refractivity contribution >= 4 is 35.0 Å². The van der Waals surface area contributed by atoms with Crippen LogP contribution in [0.25, 0.3) is 0 Å². The van der Waals surface area contributed by atoms with Gasteiger partial charge in [0.25, 0.3) is 5.69 Å². The molecule has 10 nitrogen and oxygen atoms in total. The Kier molecular flexibility index (Phi) is 5.67. The third-order valence-electron chi connectivity index (χ3n) is 4.96. The van der Waals surface area contributed by atoms with Gasteiger partial charge in [-0.3, -0.25) is 19.5 Å². The number of aromatic nitrogens is 3. The van der Waals surface area contributed by atoms with Gasteiger partial charge in [0.05, 0.1) is 35.1 Å². The molecule has 0 atom stereocenters. The second-order valence-corrected chi connectivity index (χ2v) is 7.97. The summed E-state index contributed by atoms with van der Waals surface area (Å²) in [4.78, 5) is 25.2. The SMILES string of the molecule is Cc1c(NC(=O)CSc2nnc(N3CCOCC3)n2C2CC2)cccc1[N+](=O)[O-]. The van der Waals surface area contributed by atoms with Crippen LogP contribution in [-0.4, -0.2) is 57.7 Å². The van der Waals surface area contributed by atoms with Crippen molar-refractivity contribution in [3.05, 3.63) is 33.9 Å². The van der Waals surface area contributed by atoms with Gasteiger partial charge in [0, 0.05) is 25.2 Å². The van der Waals surface area contributed by atoms with Gasteiger partial charge in [-0.05, 0) is 25.8 Å². The van der Waals surface area contributed by atoms with Crippen LogP contribution in [0.5, 0.6) is 0 Å². The van der Waals surface area contributed by atoms with E-state index in [2.05, 4.69) is 25.0 Å². The van der Waals surface area contributed by atoms with E-state index in [9.17, 15) is 14.9 Å². The summed E-state index contributed by atoms with van der Waals surface area (Å²) in [7, 11) is 0. The van der Waals surface area contributed by atoms with Crippen LogP contribution in [0.1, 0.15) is 24.4 Å². The number of nitro groups is 1. The van der Waals surface area contributed by atoms with Crippen LogP contribution in [0, 0.1) is 17.0 Å². The predicted octanol–water partition coefficient (Wildman–Crippen LogP) is 2.40. The summed E-state index contributed by atoms with van der Waals surface area (Å²) in [5, 5.41) is 23.2. The van der Waals surface area contributed by atoms with Gasteiger partial charge < -0.3 is 15.0 Å². The molecular weight excluding hydrogens is 396 g/mol. The van der Waals surface area contributed by atoms with Gasteiger partial charge >= 0.3 is 0 Å². The van der Waals surface area contributed by atoms with Crippen molar-refractivity contribution in [2.24, 2.45) is 0 Å². The molecule has 0 unspecified atom stereocenters. The smallest absolute Gasteiger partial charge is 0.274 e. The number of nitrogens with zero attached hydrogens (tertiary/aromatic N) is 5. The van der Waals surface area contributed by atoms with Crippen LogP contribution < -0.4 is 10.2 Å². The number of carbonyl (C=O) groups excluding carboxylic acids is 1. The number of benzene rings is 1. The number of nitrogens with one attached hydrogen (secondary N) is 1. The zero-order valence-electron chi connectivity index (χ0n) is 16.0. The normalized spacial score (nSPS) is 16.7. The Balaban J connectivity index is 1.43. The summed E-state index contributed by atoms with van der Waals surface area (Å²) < 4.78 is 7.54. The molecular formula is C18H22N6O4S. The number of rotatable bonds is 7. The van der Waals surface area contributed by atoms with Gasteiger partial charge in [0.1, 0.15) is 0 Å². The van der Waals surface area contributed by atoms with E-state index in [4.69, 9.17) is 4.74 Å². The molecule has 1 saturated carbocycles. The summed E-state index contributed by atoms with van der Waals surface area (Å²) >= 11 is 1.33. The Labute approximate surface area is 171 Å². The molecule has 1 aromatic carbocycles.